The second kappa shape index (κ2) is 8.13. The first-order valence-corrected chi connectivity index (χ1v) is 8.07. The highest BCUT2D eigenvalue weighted by atomic mass is 16.2. The van der Waals surface area contributed by atoms with Gasteiger partial charge in [0.05, 0.1) is 0 Å². The lowest BCUT2D eigenvalue weighted by Crippen LogP contribution is -2.45. The summed E-state index contributed by atoms with van der Waals surface area (Å²) in [5, 5.41) is 0. The van der Waals surface area contributed by atoms with Crippen molar-refractivity contribution in [3.8, 4) is 0 Å². The fourth-order valence-electron chi connectivity index (χ4n) is 2.92. The molecule has 0 aliphatic carbocycles. The first-order valence-electron chi connectivity index (χ1n) is 8.07. The minimum atomic E-state index is 0.310. The van der Waals surface area contributed by atoms with E-state index in [1.54, 1.807) is 0 Å². The van der Waals surface area contributed by atoms with Crippen LogP contribution in [0.15, 0.2) is 24.5 Å². The number of nitrogens with zero attached hydrogens (tertiary/aromatic N) is 3. The second-order valence-electron chi connectivity index (χ2n) is 5.97. The van der Waals surface area contributed by atoms with Gasteiger partial charge in [-0.15, -0.1) is 0 Å². The quantitative estimate of drug-likeness (QED) is 0.808. The van der Waals surface area contributed by atoms with E-state index >= 15 is 0 Å². The monoisotopic (exact) mass is 289 g/mol. The molecule has 2 rings (SSSR count). The molecule has 4 nitrogen and oxygen atoms in total. The number of carbonyl (C=O) groups excluding carboxylic acids is 1. The Morgan fingerprint density at radius 2 is 2.00 bits per heavy atom. The van der Waals surface area contributed by atoms with Crippen LogP contribution in [-0.4, -0.2) is 46.9 Å². The smallest absolute Gasteiger partial charge is 0.222 e. The highest BCUT2D eigenvalue weighted by Gasteiger charge is 2.24. The van der Waals surface area contributed by atoms with Gasteiger partial charge in [0.25, 0.3) is 0 Å². The third kappa shape index (κ3) is 4.81. The van der Waals surface area contributed by atoms with Crippen molar-refractivity contribution >= 4 is 5.91 Å². The fraction of sp³-hybridized carbons (Fsp3) is 0.647. The van der Waals surface area contributed by atoms with Crippen LogP contribution in [0.3, 0.4) is 0 Å². The Labute approximate surface area is 128 Å². The molecule has 1 aliphatic rings. The third-order valence-electron chi connectivity index (χ3n) is 4.40. The highest BCUT2D eigenvalue weighted by molar-refractivity contribution is 5.76. The minimum Gasteiger partial charge on any atom is -0.343 e. The molecule has 0 atom stereocenters. The molecule has 1 amide bonds. The number of aromatic nitrogens is 1. The van der Waals surface area contributed by atoms with Crippen LogP contribution in [0.25, 0.3) is 0 Å². The summed E-state index contributed by atoms with van der Waals surface area (Å²) in [5.74, 6) is 0.310. The predicted molar refractivity (Wildman–Crippen MR) is 84.8 cm³/mol. The Balaban J connectivity index is 1.76. The molecule has 0 radical (unpaired) electrons. The van der Waals surface area contributed by atoms with Gasteiger partial charge in [-0.25, -0.2) is 0 Å². The summed E-state index contributed by atoms with van der Waals surface area (Å²) in [6.45, 7) is 5.25. The average molecular weight is 289 g/mol. The third-order valence-corrected chi connectivity index (χ3v) is 4.40. The number of rotatable bonds is 6. The van der Waals surface area contributed by atoms with Gasteiger partial charge in [-0.3, -0.25) is 14.7 Å². The van der Waals surface area contributed by atoms with E-state index in [0.717, 1.165) is 45.3 Å². The number of pyridine rings is 1. The SMILES string of the molecule is CCCCC(=O)N(C)C1CCN(Cc2ccncc2)CC1. The predicted octanol–water partition coefficient (Wildman–Crippen LogP) is 2.69. The van der Waals surface area contributed by atoms with E-state index in [0.29, 0.717) is 18.4 Å². The van der Waals surface area contributed by atoms with Crippen molar-refractivity contribution in [1.29, 1.82) is 0 Å². The number of hydrogen-bond acceptors (Lipinski definition) is 3. The zero-order valence-corrected chi connectivity index (χ0v) is 13.3. The number of piperidine rings is 1. The summed E-state index contributed by atoms with van der Waals surface area (Å²) >= 11 is 0. The topological polar surface area (TPSA) is 36.4 Å². The summed E-state index contributed by atoms with van der Waals surface area (Å²) < 4.78 is 0. The van der Waals surface area contributed by atoms with E-state index in [-0.39, 0.29) is 0 Å². The highest BCUT2D eigenvalue weighted by Crippen LogP contribution is 2.18. The van der Waals surface area contributed by atoms with E-state index in [4.69, 9.17) is 0 Å². The van der Waals surface area contributed by atoms with Gasteiger partial charge >= 0.3 is 0 Å². The van der Waals surface area contributed by atoms with Crippen molar-refractivity contribution in [3.05, 3.63) is 30.1 Å². The first-order chi connectivity index (χ1) is 10.2. The largest absolute Gasteiger partial charge is 0.343 e. The van der Waals surface area contributed by atoms with Crippen LogP contribution in [0.5, 0.6) is 0 Å². The van der Waals surface area contributed by atoms with Gasteiger partial charge in [0.15, 0.2) is 0 Å². The van der Waals surface area contributed by atoms with Crippen LogP contribution in [0, 0.1) is 0 Å². The van der Waals surface area contributed by atoms with E-state index in [9.17, 15) is 4.79 Å². The molecule has 4 heteroatoms. The Bertz CT molecular complexity index is 427. The van der Waals surface area contributed by atoms with Gasteiger partial charge < -0.3 is 4.90 Å². The summed E-state index contributed by atoms with van der Waals surface area (Å²) in [6, 6.07) is 4.57. The molecular formula is C17H27N3O. The van der Waals surface area contributed by atoms with Gasteiger partial charge in [0.2, 0.25) is 5.91 Å². The van der Waals surface area contributed by atoms with Crippen molar-refractivity contribution in [1.82, 2.24) is 14.8 Å². The second-order valence-corrected chi connectivity index (χ2v) is 5.97. The number of hydrogen-bond donors (Lipinski definition) is 0. The first kappa shape index (κ1) is 16.0. The van der Waals surface area contributed by atoms with Crippen molar-refractivity contribution in [2.75, 3.05) is 20.1 Å². The van der Waals surface area contributed by atoms with Gasteiger partial charge in [0.1, 0.15) is 0 Å². The van der Waals surface area contributed by atoms with Crippen molar-refractivity contribution in [2.45, 2.75) is 51.6 Å². The number of unbranched alkanes of at least 4 members (excludes halogenated alkanes) is 1. The molecule has 21 heavy (non-hydrogen) atoms. The number of likely N-dealkylation sites (tertiary alicyclic amines) is 1. The van der Waals surface area contributed by atoms with Crippen molar-refractivity contribution in [2.24, 2.45) is 0 Å². The summed E-state index contributed by atoms with van der Waals surface area (Å²) in [4.78, 5) is 20.6. The molecule has 1 aromatic rings. The molecule has 1 aromatic heterocycles. The lowest BCUT2D eigenvalue weighted by atomic mass is 10.0. The normalized spacial score (nSPS) is 16.9. The molecule has 116 valence electrons. The summed E-state index contributed by atoms with van der Waals surface area (Å²) in [5.41, 5.74) is 1.32. The molecule has 0 unspecified atom stereocenters. The Morgan fingerprint density at radius 1 is 1.33 bits per heavy atom. The van der Waals surface area contributed by atoms with Gasteiger partial charge in [-0.1, -0.05) is 13.3 Å². The standard InChI is InChI=1S/C17H27N3O/c1-3-4-5-17(21)19(2)16-8-12-20(13-9-16)14-15-6-10-18-11-7-15/h6-7,10-11,16H,3-5,8-9,12-14H2,1-2H3. The van der Waals surface area contributed by atoms with Crippen LogP contribution in [-0.2, 0) is 11.3 Å². The number of carbonyl (C=O) groups is 1. The van der Waals surface area contributed by atoms with Crippen LogP contribution >= 0.6 is 0 Å². The molecule has 1 fully saturated rings. The van der Waals surface area contributed by atoms with Gasteiger partial charge in [-0.05, 0) is 37.0 Å². The fourth-order valence-corrected chi connectivity index (χ4v) is 2.92. The Hall–Kier alpha value is -1.42. The van der Waals surface area contributed by atoms with Crippen LogP contribution in [0.4, 0.5) is 0 Å². The molecule has 0 N–H and O–H groups in total. The van der Waals surface area contributed by atoms with Crippen molar-refractivity contribution in [3.63, 3.8) is 0 Å². The maximum Gasteiger partial charge on any atom is 0.222 e. The van der Waals surface area contributed by atoms with Gasteiger partial charge in [-0.2, -0.15) is 0 Å². The van der Waals surface area contributed by atoms with E-state index < -0.39 is 0 Å². The van der Waals surface area contributed by atoms with E-state index in [1.165, 1.54) is 5.56 Å². The van der Waals surface area contributed by atoms with Crippen LogP contribution < -0.4 is 0 Å². The van der Waals surface area contributed by atoms with E-state index in [1.807, 2.05) is 24.3 Å². The van der Waals surface area contributed by atoms with Crippen LogP contribution in [0.1, 0.15) is 44.6 Å². The maximum absolute atomic E-state index is 12.1. The van der Waals surface area contributed by atoms with Gasteiger partial charge in [0, 0.05) is 51.5 Å². The zero-order valence-electron chi connectivity index (χ0n) is 13.3. The molecule has 0 bridgehead atoms. The minimum absolute atomic E-state index is 0.310. The summed E-state index contributed by atoms with van der Waals surface area (Å²) in [6.07, 6.45) is 8.65. The van der Waals surface area contributed by atoms with Crippen molar-refractivity contribution < 1.29 is 4.79 Å². The number of amides is 1. The molecule has 2 heterocycles. The molecule has 0 spiro atoms. The average Bonchev–Trinajstić information content (AvgIpc) is 2.53. The molecule has 1 aliphatic heterocycles. The summed E-state index contributed by atoms with van der Waals surface area (Å²) in [7, 11) is 1.97. The molecular weight excluding hydrogens is 262 g/mol. The lowest BCUT2D eigenvalue weighted by molar-refractivity contribution is -0.133. The van der Waals surface area contributed by atoms with Crippen LogP contribution in [0.2, 0.25) is 0 Å². The lowest BCUT2D eigenvalue weighted by Gasteiger charge is -2.36. The van der Waals surface area contributed by atoms with E-state index in [2.05, 4.69) is 28.9 Å². The molecule has 0 saturated carbocycles. The Morgan fingerprint density at radius 3 is 2.62 bits per heavy atom. The molecule has 0 aromatic carbocycles. The zero-order chi connectivity index (χ0) is 15.1. The molecule has 1 saturated heterocycles. The maximum atomic E-state index is 12.1. The Kier molecular flexibility index (Phi) is 6.18.